The van der Waals surface area contributed by atoms with Crippen LogP contribution in [0.2, 0.25) is 0 Å². The third-order valence-electron chi connectivity index (χ3n) is 4.59. The number of nitrogens with one attached hydrogen (secondary N) is 1. The molecule has 30 heavy (non-hydrogen) atoms. The van der Waals surface area contributed by atoms with Gasteiger partial charge in [-0.25, -0.2) is 9.59 Å². The van der Waals surface area contributed by atoms with Crippen molar-refractivity contribution in [2.45, 2.75) is 6.92 Å². The number of anilines is 1. The highest BCUT2D eigenvalue weighted by molar-refractivity contribution is 6.09. The molecule has 8 heteroatoms. The van der Waals surface area contributed by atoms with Crippen molar-refractivity contribution >= 4 is 23.5 Å². The fourth-order valence-corrected chi connectivity index (χ4v) is 3.02. The molecule has 0 radical (unpaired) electrons. The summed E-state index contributed by atoms with van der Waals surface area (Å²) in [7, 11) is 1.22. The van der Waals surface area contributed by atoms with Crippen LogP contribution in [-0.4, -0.2) is 54.7 Å². The van der Waals surface area contributed by atoms with Crippen molar-refractivity contribution in [2.75, 3.05) is 32.1 Å². The van der Waals surface area contributed by atoms with Crippen molar-refractivity contribution in [1.82, 2.24) is 4.90 Å². The second kappa shape index (κ2) is 9.23. The SMILES string of the molecule is COC(=O)C1=C(Nc2ccccc2C(=O)Oc2ccc(C)cc2)C(=O)N(CCO)C1. The van der Waals surface area contributed by atoms with Gasteiger partial charge in [0.15, 0.2) is 0 Å². The van der Waals surface area contributed by atoms with Gasteiger partial charge in [-0.1, -0.05) is 29.8 Å². The molecule has 8 nitrogen and oxygen atoms in total. The zero-order valence-corrected chi connectivity index (χ0v) is 16.7. The number of methoxy groups -OCH3 is 1. The molecule has 0 aliphatic carbocycles. The lowest BCUT2D eigenvalue weighted by Crippen LogP contribution is -2.31. The van der Waals surface area contributed by atoms with E-state index in [-0.39, 0.29) is 36.5 Å². The number of nitrogens with zero attached hydrogens (tertiary/aromatic N) is 1. The van der Waals surface area contributed by atoms with Crippen LogP contribution < -0.4 is 10.1 Å². The van der Waals surface area contributed by atoms with Gasteiger partial charge in [0.25, 0.3) is 5.91 Å². The lowest BCUT2D eigenvalue weighted by molar-refractivity contribution is -0.136. The van der Waals surface area contributed by atoms with Gasteiger partial charge in [0.2, 0.25) is 0 Å². The zero-order chi connectivity index (χ0) is 21.7. The minimum absolute atomic E-state index is 0.00435. The van der Waals surface area contributed by atoms with E-state index >= 15 is 0 Å². The molecule has 1 amide bonds. The first kappa shape index (κ1) is 21.1. The molecular weight excluding hydrogens is 388 g/mol. The molecule has 1 aliphatic heterocycles. The molecule has 0 unspecified atom stereocenters. The summed E-state index contributed by atoms with van der Waals surface area (Å²) < 4.78 is 10.2. The Kier molecular flexibility index (Phi) is 6.48. The maximum atomic E-state index is 12.7. The van der Waals surface area contributed by atoms with Crippen LogP contribution >= 0.6 is 0 Å². The average molecular weight is 410 g/mol. The molecule has 0 bridgehead atoms. The van der Waals surface area contributed by atoms with Crippen molar-refractivity contribution in [2.24, 2.45) is 0 Å². The van der Waals surface area contributed by atoms with Crippen molar-refractivity contribution in [3.63, 3.8) is 0 Å². The van der Waals surface area contributed by atoms with Crippen LogP contribution in [0.3, 0.4) is 0 Å². The lowest BCUT2D eigenvalue weighted by atomic mass is 10.1. The highest BCUT2D eigenvalue weighted by Crippen LogP contribution is 2.26. The number of carbonyl (C=O) groups excluding carboxylic acids is 3. The fourth-order valence-electron chi connectivity index (χ4n) is 3.02. The Hall–Kier alpha value is -3.65. The minimum atomic E-state index is -0.661. The first-order valence-electron chi connectivity index (χ1n) is 9.31. The summed E-state index contributed by atoms with van der Waals surface area (Å²) in [5.41, 5.74) is 1.67. The Morgan fingerprint density at radius 1 is 1.10 bits per heavy atom. The molecule has 0 saturated heterocycles. The topological polar surface area (TPSA) is 105 Å². The van der Waals surface area contributed by atoms with Gasteiger partial charge in [-0.05, 0) is 31.2 Å². The number of hydrogen-bond acceptors (Lipinski definition) is 7. The highest BCUT2D eigenvalue weighted by atomic mass is 16.5. The van der Waals surface area contributed by atoms with E-state index in [9.17, 15) is 14.4 Å². The second-order valence-corrected chi connectivity index (χ2v) is 6.67. The number of para-hydroxylation sites is 1. The van der Waals surface area contributed by atoms with Gasteiger partial charge in [-0.2, -0.15) is 0 Å². The van der Waals surface area contributed by atoms with Gasteiger partial charge in [0, 0.05) is 6.54 Å². The van der Waals surface area contributed by atoms with E-state index in [4.69, 9.17) is 14.6 Å². The van der Waals surface area contributed by atoms with Crippen molar-refractivity contribution in [3.8, 4) is 5.75 Å². The molecular formula is C22H22N2O6. The molecule has 0 aromatic heterocycles. The lowest BCUT2D eigenvalue weighted by Gasteiger charge is -2.16. The Balaban J connectivity index is 1.89. The predicted octanol–water partition coefficient (Wildman–Crippen LogP) is 1.89. The smallest absolute Gasteiger partial charge is 0.345 e. The second-order valence-electron chi connectivity index (χ2n) is 6.67. The third kappa shape index (κ3) is 4.49. The Bertz CT molecular complexity index is 997. The highest BCUT2D eigenvalue weighted by Gasteiger charge is 2.35. The standard InChI is InChI=1S/C22H22N2O6/c1-14-7-9-15(10-8-14)30-22(28)16-5-3-4-6-18(16)23-19-17(21(27)29-2)13-24(11-12-25)20(19)26/h3-10,23,25H,11-13H2,1-2H3. The summed E-state index contributed by atoms with van der Waals surface area (Å²) in [5, 5.41) is 12.1. The van der Waals surface area contributed by atoms with Crippen LogP contribution in [-0.2, 0) is 14.3 Å². The molecule has 0 spiro atoms. The molecule has 0 saturated carbocycles. The molecule has 1 aliphatic rings. The number of rotatable bonds is 7. The number of hydrogen-bond donors (Lipinski definition) is 2. The van der Waals surface area contributed by atoms with Gasteiger partial charge in [0.05, 0.1) is 37.1 Å². The van der Waals surface area contributed by atoms with Gasteiger partial charge in [-0.3, -0.25) is 4.79 Å². The number of aliphatic hydroxyl groups is 1. The number of ether oxygens (including phenoxy) is 2. The summed E-state index contributed by atoms with van der Waals surface area (Å²) in [4.78, 5) is 38.9. The van der Waals surface area contributed by atoms with Crippen LogP contribution in [0.15, 0.2) is 59.8 Å². The van der Waals surface area contributed by atoms with Crippen LogP contribution in [0.5, 0.6) is 5.75 Å². The summed E-state index contributed by atoms with van der Waals surface area (Å²) >= 11 is 0. The Morgan fingerprint density at radius 2 is 1.80 bits per heavy atom. The molecule has 0 atom stereocenters. The summed E-state index contributed by atoms with van der Waals surface area (Å²) in [6, 6.07) is 13.6. The van der Waals surface area contributed by atoms with Crippen LogP contribution in [0.25, 0.3) is 0 Å². The zero-order valence-electron chi connectivity index (χ0n) is 16.7. The van der Waals surface area contributed by atoms with E-state index < -0.39 is 17.8 Å². The van der Waals surface area contributed by atoms with Gasteiger partial charge >= 0.3 is 11.9 Å². The van der Waals surface area contributed by atoms with E-state index in [0.29, 0.717) is 11.4 Å². The maximum absolute atomic E-state index is 12.7. The van der Waals surface area contributed by atoms with E-state index in [1.807, 2.05) is 19.1 Å². The number of amides is 1. The predicted molar refractivity (Wildman–Crippen MR) is 109 cm³/mol. The summed E-state index contributed by atoms with van der Waals surface area (Å²) in [6.45, 7) is 1.76. The van der Waals surface area contributed by atoms with E-state index in [0.717, 1.165) is 5.56 Å². The monoisotopic (exact) mass is 410 g/mol. The number of aryl methyl sites for hydroxylation is 1. The quantitative estimate of drug-likeness (QED) is 0.530. The molecule has 1 heterocycles. The largest absolute Gasteiger partial charge is 0.466 e. The average Bonchev–Trinajstić information content (AvgIpc) is 3.05. The number of benzene rings is 2. The minimum Gasteiger partial charge on any atom is -0.466 e. The molecule has 156 valence electrons. The molecule has 3 rings (SSSR count). The van der Waals surface area contributed by atoms with Crippen LogP contribution in [0.1, 0.15) is 15.9 Å². The molecule has 2 N–H and O–H groups in total. The maximum Gasteiger partial charge on any atom is 0.345 e. The number of carbonyl (C=O) groups is 3. The van der Waals surface area contributed by atoms with Crippen LogP contribution in [0.4, 0.5) is 5.69 Å². The first-order chi connectivity index (χ1) is 14.4. The van der Waals surface area contributed by atoms with Gasteiger partial charge < -0.3 is 24.8 Å². The number of esters is 2. The van der Waals surface area contributed by atoms with Crippen molar-refractivity contribution < 1.29 is 29.0 Å². The summed E-state index contributed by atoms with van der Waals surface area (Å²) in [6.07, 6.45) is 0. The normalized spacial score (nSPS) is 13.4. The van der Waals surface area contributed by atoms with Gasteiger partial charge in [0.1, 0.15) is 11.4 Å². The molecule has 2 aromatic carbocycles. The van der Waals surface area contributed by atoms with E-state index in [1.54, 1.807) is 36.4 Å². The van der Waals surface area contributed by atoms with E-state index in [1.165, 1.54) is 12.0 Å². The number of β-amino-alcohol motifs (C(OH)–C–C–N with tert-alkyl or cyclic N) is 1. The third-order valence-corrected chi connectivity index (χ3v) is 4.59. The van der Waals surface area contributed by atoms with Gasteiger partial charge in [-0.15, -0.1) is 0 Å². The van der Waals surface area contributed by atoms with Crippen LogP contribution in [0, 0.1) is 6.92 Å². The molecule has 2 aromatic rings. The fraction of sp³-hybridized carbons (Fsp3) is 0.227. The molecule has 0 fully saturated rings. The first-order valence-corrected chi connectivity index (χ1v) is 9.31. The Labute approximate surface area is 173 Å². The van der Waals surface area contributed by atoms with E-state index in [2.05, 4.69) is 5.32 Å². The van der Waals surface area contributed by atoms with Crippen molar-refractivity contribution in [3.05, 3.63) is 70.9 Å². The summed E-state index contributed by atoms with van der Waals surface area (Å²) in [5.74, 6) is -1.35. The van der Waals surface area contributed by atoms with Crippen molar-refractivity contribution in [1.29, 1.82) is 0 Å². The number of aliphatic hydroxyl groups excluding tert-OH is 1. The Morgan fingerprint density at radius 3 is 2.47 bits per heavy atom.